The van der Waals surface area contributed by atoms with Gasteiger partial charge in [-0.3, -0.25) is 0 Å². The lowest BCUT2D eigenvalue weighted by Crippen LogP contribution is -2.30. The van der Waals surface area contributed by atoms with Crippen LogP contribution in [0.5, 0.6) is 0 Å². The molecule has 6 rings (SSSR count). The van der Waals surface area contributed by atoms with Crippen LogP contribution in [0.15, 0.2) is 36.7 Å². The fourth-order valence-corrected chi connectivity index (χ4v) is 6.50. The highest BCUT2D eigenvalue weighted by molar-refractivity contribution is 5.94. The van der Waals surface area contributed by atoms with E-state index < -0.39 is 0 Å². The third-order valence-electron chi connectivity index (χ3n) is 9.02. The fraction of sp³-hybridized carbons (Fsp3) is 0.613. The molecule has 198 valence electrons. The molecule has 1 saturated heterocycles. The van der Waals surface area contributed by atoms with Crippen molar-refractivity contribution in [3.8, 4) is 11.1 Å². The number of benzene rings is 1. The molecule has 2 N–H and O–H groups in total. The molecule has 1 atom stereocenters. The first-order chi connectivity index (χ1) is 18.0. The maximum absolute atomic E-state index is 10.1. The summed E-state index contributed by atoms with van der Waals surface area (Å²) >= 11 is 0. The molecule has 37 heavy (non-hydrogen) atoms. The number of aliphatic hydroxyl groups excluding tert-OH is 1. The van der Waals surface area contributed by atoms with E-state index in [1.54, 1.807) is 0 Å². The molecule has 3 heterocycles. The topological polar surface area (TPSA) is 66.2 Å². The molecule has 1 aliphatic heterocycles. The van der Waals surface area contributed by atoms with Gasteiger partial charge in [-0.15, -0.1) is 0 Å². The third kappa shape index (κ3) is 5.85. The zero-order valence-corrected chi connectivity index (χ0v) is 22.6. The third-order valence-corrected chi connectivity index (χ3v) is 9.02. The minimum atomic E-state index is -0.162. The second-order valence-electron chi connectivity index (χ2n) is 12.2. The summed E-state index contributed by atoms with van der Waals surface area (Å²) in [5, 5.41) is 14.8. The number of likely N-dealkylation sites (tertiary alicyclic amines) is 1. The van der Waals surface area contributed by atoms with Gasteiger partial charge in [0.05, 0.1) is 6.10 Å². The van der Waals surface area contributed by atoms with Crippen molar-refractivity contribution in [2.24, 2.45) is 11.8 Å². The Kier molecular flexibility index (Phi) is 7.22. The largest absolute Gasteiger partial charge is 0.393 e. The molecule has 0 amide bonds. The number of hydrogen-bond donors (Lipinski definition) is 2. The van der Waals surface area contributed by atoms with Crippen LogP contribution in [0, 0.1) is 11.8 Å². The van der Waals surface area contributed by atoms with Gasteiger partial charge in [0, 0.05) is 35.4 Å². The predicted molar refractivity (Wildman–Crippen MR) is 151 cm³/mol. The van der Waals surface area contributed by atoms with Crippen LogP contribution in [0.3, 0.4) is 0 Å². The highest BCUT2D eigenvalue weighted by Gasteiger charge is 2.26. The number of nitrogens with one attached hydrogen (secondary N) is 1. The van der Waals surface area contributed by atoms with Crippen molar-refractivity contribution in [2.45, 2.75) is 89.3 Å². The standard InChI is InChI=1S/C31H43N5O/c1-21(17-22-3-4-22)33-31-32-19-28-29(20-36(30(28)34-31)26-9-11-27(37)12-10-26)25-7-5-23(6-8-25)18-24-13-15-35(2)16-14-24/h5-8,19-22,24,26-27,37H,3-4,9-18H2,1-2H3,(H,32,33,34)/t21-,26?,27?/m0/s1. The molecule has 6 heteroatoms. The van der Waals surface area contributed by atoms with Gasteiger partial charge >= 0.3 is 0 Å². The van der Waals surface area contributed by atoms with Crippen LogP contribution in [0.1, 0.15) is 76.3 Å². The average Bonchev–Trinajstić information content (AvgIpc) is 3.64. The van der Waals surface area contributed by atoms with Crippen molar-refractivity contribution >= 4 is 17.0 Å². The summed E-state index contributed by atoms with van der Waals surface area (Å²) in [4.78, 5) is 12.3. The Balaban J connectivity index is 1.27. The molecule has 3 aromatic rings. The minimum absolute atomic E-state index is 0.162. The Morgan fingerprint density at radius 2 is 1.70 bits per heavy atom. The van der Waals surface area contributed by atoms with Crippen molar-refractivity contribution < 1.29 is 5.11 Å². The molecule has 1 aromatic carbocycles. The van der Waals surface area contributed by atoms with Gasteiger partial charge in [0.15, 0.2) is 0 Å². The zero-order chi connectivity index (χ0) is 25.4. The first-order valence-corrected chi connectivity index (χ1v) is 14.6. The summed E-state index contributed by atoms with van der Waals surface area (Å²) in [6.07, 6.45) is 15.6. The van der Waals surface area contributed by atoms with Gasteiger partial charge in [-0.1, -0.05) is 37.1 Å². The Bertz CT molecular complexity index is 1180. The maximum Gasteiger partial charge on any atom is 0.224 e. The van der Waals surface area contributed by atoms with Gasteiger partial charge in [0.1, 0.15) is 5.65 Å². The number of rotatable bonds is 8. The lowest BCUT2D eigenvalue weighted by molar-refractivity contribution is 0.111. The summed E-state index contributed by atoms with van der Waals surface area (Å²) in [7, 11) is 2.23. The van der Waals surface area contributed by atoms with E-state index in [4.69, 9.17) is 9.97 Å². The summed E-state index contributed by atoms with van der Waals surface area (Å²) < 4.78 is 2.38. The SMILES string of the molecule is C[C@@H](CC1CC1)Nc1ncc2c(-c3ccc(CC4CCN(C)CC4)cc3)cn(C3CCC(O)CC3)c2n1. The number of piperidine rings is 1. The van der Waals surface area contributed by atoms with Gasteiger partial charge in [0.25, 0.3) is 0 Å². The fourth-order valence-electron chi connectivity index (χ4n) is 6.50. The van der Waals surface area contributed by atoms with E-state index in [-0.39, 0.29) is 6.10 Å². The van der Waals surface area contributed by atoms with Crippen molar-refractivity contribution in [3.63, 3.8) is 0 Å². The second-order valence-corrected chi connectivity index (χ2v) is 12.2. The lowest BCUT2D eigenvalue weighted by Gasteiger charge is -2.29. The van der Waals surface area contributed by atoms with Gasteiger partial charge in [-0.25, -0.2) is 4.98 Å². The number of nitrogens with zero attached hydrogens (tertiary/aromatic N) is 4. The number of aromatic nitrogens is 3. The van der Waals surface area contributed by atoms with Crippen LogP contribution in [-0.4, -0.2) is 56.8 Å². The van der Waals surface area contributed by atoms with Crippen LogP contribution < -0.4 is 5.32 Å². The Morgan fingerprint density at radius 3 is 2.41 bits per heavy atom. The normalized spacial score (nSPS) is 24.4. The highest BCUT2D eigenvalue weighted by Crippen LogP contribution is 2.37. The summed E-state index contributed by atoms with van der Waals surface area (Å²) in [6.45, 7) is 4.68. The highest BCUT2D eigenvalue weighted by atomic mass is 16.3. The summed E-state index contributed by atoms with van der Waals surface area (Å²) in [5.74, 6) is 2.40. The first kappa shape index (κ1) is 24.9. The lowest BCUT2D eigenvalue weighted by atomic mass is 9.90. The van der Waals surface area contributed by atoms with Crippen LogP contribution in [0.25, 0.3) is 22.2 Å². The second kappa shape index (κ2) is 10.7. The van der Waals surface area contributed by atoms with Crippen molar-refractivity contribution in [1.29, 1.82) is 0 Å². The Labute approximate surface area is 221 Å². The number of anilines is 1. The van der Waals surface area contributed by atoms with Crippen molar-refractivity contribution in [3.05, 3.63) is 42.2 Å². The number of hydrogen-bond acceptors (Lipinski definition) is 5. The molecular weight excluding hydrogens is 458 g/mol. The quantitative estimate of drug-likeness (QED) is 0.393. The maximum atomic E-state index is 10.1. The number of fused-ring (bicyclic) bond motifs is 1. The van der Waals surface area contributed by atoms with Gasteiger partial charge in [-0.05, 0) is 101 Å². The molecular formula is C31H43N5O. The molecule has 2 aromatic heterocycles. The van der Waals surface area contributed by atoms with E-state index in [1.165, 1.54) is 68.3 Å². The van der Waals surface area contributed by atoms with Gasteiger partial charge in [0.2, 0.25) is 5.95 Å². The van der Waals surface area contributed by atoms with Crippen molar-refractivity contribution in [2.75, 3.05) is 25.5 Å². The molecule has 2 saturated carbocycles. The van der Waals surface area contributed by atoms with E-state index in [2.05, 4.69) is 59.2 Å². The molecule has 3 fully saturated rings. The molecule has 0 unspecified atom stereocenters. The summed E-state index contributed by atoms with van der Waals surface area (Å²) in [5.41, 5.74) is 4.90. The Morgan fingerprint density at radius 1 is 0.973 bits per heavy atom. The Hall–Kier alpha value is -2.44. The van der Waals surface area contributed by atoms with E-state index in [1.807, 2.05) is 6.20 Å². The molecule has 6 nitrogen and oxygen atoms in total. The molecule has 0 spiro atoms. The minimum Gasteiger partial charge on any atom is -0.393 e. The van der Waals surface area contributed by atoms with Crippen LogP contribution >= 0.6 is 0 Å². The zero-order valence-electron chi connectivity index (χ0n) is 22.6. The van der Waals surface area contributed by atoms with E-state index in [0.717, 1.165) is 54.5 Å². The molecule has 0 bridgehead atoms. The average molecular weight is 502 g/mol. The van der Waals surface area contributed by atoms with Crippen LogP contribution in [0.2, 0.25) is 0 Å². The predicted octanol–water partition coefficient (Wildman–Crippen LogP) is 6.06. The smallest absolute Gasteiger partial charge is 0.224 e. The molecule has 3 aliphatic rings. The monoisotopic (exact) mass is 501 g/mol. The van der Waals surface area contributed by atoms with Crippen molar-refractivity contribution in [1.82, 2.24) is 19.4 Å². The number of aliphatic hydroxyl groups is 1. The first-order valence-electron chi connectivity index (χ1n) is 14.6. The van der Waals surface area contributed by atoms with E-state index in [0.29, 0.717) is 12.1 Å². The van der Waals surface area contributed by atoms with Gasteiger partial charge in [-0.2, -0.15) is 4.98 Å². The molecule has 0 radical (unpaired) electrons. The summed E-state index contributed by atoms with van der Waals surface area (Å²) in [6, 6.07) is 9.98. The van der Waals surface area contributed by atoms with Crippen LogP contribution in [-0.2, 0) is 6.42 Å². The van der Waals surface area contributed by atoms with Gasteiger partial charge < -0.3 is 19.9 Å². The van der Waals surface area contributed by atoms with Crippen LogP contribution in [0.4, 0.5) is 5.95 Å². The van der Waals surface area contributed by atoms with E-state index >= 15 is 0 Å². The molecule has 2 aliphatic carbocycles. The van der Waals surface area contributed by atoms with E-state index in [9.17, 15) is 5.11 Å².